The molecular weight excluding hydrogens is 344 g/mol. The van der Waals surface area contributed by atoms with Crippen molar-refractivity contribution in [3.05, 3.63) is 50.1 Å². The molecule has 1 aliphatic rings. The fourth-order valence-corrected chi connectivity index (χ4v) is 4.82. The molecule has 3 heterocycles. The average Bonchev–Trinajstić information content (AvgIpc) is 2.96. The summed E-state index contributed by atoms with van der Waals surface area (Å²) in [6.45, 7) is 5.28. The van der Waals surface area contributed by atoms with Crippen molar-refractivity contribution in [3.63, 3.8) is 0 Å². The zero-order valence-electron chi connectivity index (χ0n) is 13.3. The standard InChI is InChI=1S/C17H17ClN4OS/c1-2-21-8-7-11-13(9-21)24-16-14(11)17(23)22(19)15(20-16)10-5-3-4-6-12(10)18/h3-6H,2,7-9,19H2,1H3/p+1. The largest absolute Gasteiger partial charge is 0.334 e. The van der Waals surface area contributed by atoms with Crippen LogP contribution in [-0.4, -0.2) is 22.7 Å². The predicted octanol–water partition coefficient (Wildman–Crippen LogP) is 1.45. The van der Waals surface area contributed by atoms with Gasteiger partial charge in [0.2, 0.25) is 0 Å². The van der Waals surface area contributed by atoms with E-state index in [1.807, 2.05) is 18.2 Å². The number of aromatic nitrogens is 2. The molecule has 0 saturated carbocycles. The molecule has 4 rings (SSSR count). The maximum absolute atomic E-state index is 12.9. The maximum Gasteiger partial charge on any atom is 0.281 e. The molecular formula is C17H18ClN4OS+. The first-order valence-electron chi connectivity index (χ1n) is 8.01. The summed E-state index contributed by atoms with van der Waals surface area (Å²) in [5, 5.41) is 1.22. The molecule has 124 valence electrons. The molecule has 0 aliphatic carbocycles. The fraction of sp³-hybridized carbons (Fsp3) is 0.294. The first kappa shape index (κ1) is 15.6. The summed E-state index contributed by atoms with van der Waals surface area (Å²) in [4.78, 5) is 21.1. The molecule has 0 spiro atoms. The maximum atomic E-state index is 12.9. The van der Waals surface area contributed by atoms with Crippen LogP contribution in [0.25, 0.3) is 21.6 Å². The van der Waals surface area contributed by atoms with Crippen molar-refractivity contribution in [1.29, 1.82) is 0 Å². The lowest BCUT2D eigenvalue weighted by atomic mass is 10.1. The van der Waals surface area contributed by atoms with Gasteiger partial charge in [0, 0.05) is 12.0 Å². The van der Waals surface area contributed by atoms with E-state index in [0.29, 0.717) is 21.8 Å². The zero-order chi connectivity index (χ0) is 16.8. The molecule has 1 aromatic carbocycles. The number of nitrogens with two attached hydrogens (primary N) is 1. The molecule has 0 radical (unpaired) electrons. The van der Waals surface area contributed by atoms with Crippen LogP contribution in [0.1, 0.15) is 17.4 Å². The zero-order valence-corrected chi connectivity index (χ0v) is 14.9. The van der Waals surface area contributed by atoms with Crippen LogP contribution >= 0.6 is 22.9 Å². The third-order valence-corrected chi connectivity index (χ3v) is 6.15. The van der Waals surface area contributed by atoms with Gasteiger partial charge in [-0.2, -0.15) is 0 Å². The Hall–Kier alpha value is -1.89. The fourth-order valence-electron chi connectivity index (χ4n) is 3.32. The van der Waals surface area contributed by atoms with Crippen molar-refractivity contribution in [3.8, 4) is 11.4 Å². The monoisotopic (exact) mass is 361 g/mol. The lowest BCUT2D eigenvalue weighted by molar-refractivity contribution is -0.913. The molecule has 1 aliphatic heterocycles. The Morgan fingerprint density at radius 1 is 1.42 bits per heavy atom. The molecule has 2 aromatic heterocycles. The lowest BCUT2D eigenvalue weighted by Crippen LogP contribution is -3.11. The molecule has 1 unspecified atom stereocenters. The van der Waals surface area contributed by atoms with E-state index in [9.17, 15) is 4.79 Å². The highest BCUT2D eigenvalue weighted by molar-refractivity contribution is 7.18. The van der Waals surface area contributed by atoms with Gasteiger partial charge in [-0.3, -0.25) is 4.79 Å². The van der Waals surface area contributed by atoms with Crippen molar-refractivity contribution in [1.82, 2.24) is 9.66 Å². The molecule has 7 heteroatoms. The Kier molecular flexibility index (Phi) is 3.83. The van der Waals surface area contributed by atoms with E-state index in [2.05, 4.69) is 11.9 Å². The van der Waals surface area contributed by atoms with Crippen LogP contribution in [-0.2, 0) is 13.0 Å². The third-order valence-electron chi connectivity index (χ3n) is 4.69. The lowest BCUT2D eigenvalue weighted by Gasteiger charge is -2.22. The van der Waals surface area contributed by atoms with Gasteiger partial charge in [-0.15, -0.1) is 11.3 Å². The van der Waals surface area contributed by atoms with Gasteiger partial charge in [-0.05, 0) is 24.6 Å². The second-order valence-corrected chi connectivity index (χ2v) is 7.55. The molecule has 3 aromatic rings. The quantitative estimate of drug-likeness (QED) is 0.679. The number of nitrogens with zero attached hydrogens (tertiary/aromatic N) is 2. The van der Waals surface area contributed by atoms with E-state index in [4.69, 9.17) is 17.4 Å². The molecule has 5 nitrogen and oxygen atoms in total. The molecule has 0 bridgehead atoms. The number of thiophene rings is 1. The van der Waals surface area contributed by atoms with Crippen molar-refractivity contribution in [2.45, 2.75) is 19.9 Å². The normalized spacial score (nSPS) is 17.2. The van der Waals surface area contributed by atoms with Crippen LogP contribution in [0.3, 0.4) is 0 Å². The summed E-state index contributed by atoms with van der Waals surface area (Å²) in [5.74, 6) is 6.49. The number of hydrogen-bond donors (Lipinski definition) is 2. The number of fused-ring (bicyclic) bond motifs is 3. The number of nitrogen functional groups attached to an aromatic ring is 1. The summed E-state index contributed by atoms with van der Waals surface area (Å²) in [7, 11) is 0. The van der Waals surface area contributed by atoms with Gasteiger partial charge < -0.3 is 10.7 Å². The first-order valence-corrected chi connectivity index (χ1v) is 9.20. The predicted molar refractivity (Wildman–Crippen MR) is 98.3 cm³/mol. The Bertz CT molecular complexity index is 994. The first-order chi connectivity index (χ1) is 11.6. The minimum absolute atomic E-state index is 0.188. The van der Waals surface area contributed by atoms with Crippen LogP contribution in [0.4, 0.5) is 0 Å². The van der Waals surface area contributed by atoms with E-state index in [-0.39, 0.29) is 5.56 Å². The Balaban J connectivity index is 1.96. The molecule has 0 fully saturated rings. The number of nitrogens with one attached hydrogen (secondary N) is 1. The molecule has 24 heavy (non-hydrogen) atoms. The van der Waals surface area contributed by atoms with E-state index in [1.165, 1.54) is 9.78 Å². The number of halogens is 1. The Morgan fingerprint density at radius 2 is 2.21 bits per heavy atom. The van der Waals surface area contributed by atoms with Gasteiger partial charge in [0.25, 0.3) is 5.56 Å². The highest BCUT2D eigenvalue weighted by atomic mass is 35.5. The smallest absolute Gasteiger partial charge is 0.281 e. The summed E-state index contributed by atoms with van der Waals surface area (Å²) < 4.78 is 1.13. The number of hydrogen-bond acceptors (Lipinski definition) is 4. The van der Waals surface area contributed by atoms with Crippen LogP contribution in [0.5, 0.6) is 0 Å². The van der Waals surface area contributed by atoms with Gasteiger partial charge in [-0.1, -0.05) is 23.7 Å². The van der Waals surface area contributed by atoms with Crippen molar-refractivity contribution in [2.24, 2.45) is 0 Å². The van der Waals surface area contributed by atoms with Crippen molar-refractivity contribution >= 4 is 33.2 Å². The topological polar surface area (TPSA) is 65.3 Å². The summed E-state index contributed by atoms with van der Waals surface area (Å²) in [6, 6.07) is 7.31. The SMILES string of the molecule is CC[NH+]1CCc2c(sc3nc(-c4ccccc4Cl)n(N)c(=O)c23)C1. The van der Waals surface area contributed by atoms with Gasteiger partial charge in [0.1, 0.15) is 11.4 Å². The molecule has 3 N–H and O–H groups in total. The van der Waals surface area contributed by atoms with Crippen LogP contribution in [0, 0.1) is 0 Å². The third kappa shape index (κ3) is 2.33. The molecule has 0 saturated heterocycles. The van der Waals surface area contributed by atoms with E-state index in [1.54, 1.807) is 17.4 Å². The highest BCUT2D eigenvalue weighted by Gasteiger charge is 2.26. The molecule has 1 atom stereocenters. The van der Waals surface area contributed by atoms with E-state index >= 15 is 0 Å². The minimum atomic E-state index is -0.188. The summed E-state index contributed by atoms with van der Waals surface area (Å²) >= 11 is 7.87. The second kappa shape index (κ2) is 5.88. The number of likely N-dealkylation sites (N-methyl/N-ethyl adjacent to an activating group) is 1. The van der Waals surface area contributed by atoms with E-state index in [0.717, 1.165) is 41.1 Å². The average molecular weight is 362 g/mol. The van der Waals surface area contributed by atoms with Crippen LogP contribution in [0.15, 0.2) is 29.1 Å². The number of benzene rings is 1. The minimum Gasteiger partial charge on any atom is -0.334 e. The second-order valence-electron chi connectivity index (χ2n) is 6.05. The Morgan fingerprint density at radius 3 is 2.96 bits per heavy atom. The van der Waals surface area contributed by atoms with Crippen molar-refractivity contribution < 1.29 is 4.90 Å². The van der Waals surface area contributed by atoms with Crippen LogP contribution < -0.4 is 16.3 Å². The Labute approximate surface area is 148 Å². The number of rotatable bonds is 2. The summed E-state index contributed by atoms with van der Waals surface area (Å²) in [6.07, 6.45) is 0.904. The highest BCUT2D eigenvalue weighted by Crippen LogP contribution is 2.32. The molecule has 0 amide bonds. The van der Waals surface area contributed by atoms with Crippen molar-refractivity contribution in [2.75, 3.05) is 18.9 Å². The summed E-state index contributed by atoms with van der Waals surface area (Å²) in [5.41, 5.74) is 1.62. The van der Waals surface area contributed by atoms with Crippen LogP contribution in [0.2, 0.25) is 5.02 Å². The van der Waals surface area contributed by atoms with Gasteiger partial charge >= 0.3 is 0 Å². The number of quaternary nitrogens is 1. The van der Waals surface area contributed by atoms with Gasteiger partial charge in [0.05, 0.1) is 28.4 Å². The van der Waals surface area contributed by atoms with Gasteiger partial charge in [0.15, 0.2) is 5.82 Å². The van der Waals surface area contributed by atoms with E-state index < -0.39 is 0 Å². The van der Waals surface area contributed by atoms with Gasteiger partial charge in [-0.25, -0.2) is 9.66 Å².